The molecule has 19 heavy (non-hydrogen) atoms. The van der Waals surface area contributed by atoms with Crippen molar-refractivity contribution in [1.82, 2.24) is 15.0 Å². The van der Waals surface area contributed by atoms with E-state index in [1.54, 1.807) is 0 Å². The number of halogens is 4. The Hall–Kier alpha value is -1.96. The predicted octanol–water partition coefficient (Wildman–Crippen LogP) is 3.84. The zero-order chi connectivity index (χ0) is 13.6. The zero-order valence-electron chi connectivity index (χ0n) is 9.12. The second kappa shape index (κ2) is 4.02. The smallest absolute Gasteiger partial charge is 0.345 e. The monoisotopic (exact) mass is 287 g/mol. The van der Waals surface area contributed by atoms with E-state index in [4.69, 9.17) is 0 Å². The fourth-order valence-corrected chi connectivity index (χ4v) is 2.50. The fourth-order valence-electron chi connectivity index (χ4n) is 1.68. The van der Waals surface area contributed by atoms with Gasteiger partial charge in [0.15, 0.2) is 0 Å². The van der Waals surface area contributed by atoms with Crippen LogP contribution in [0.4, 0.5) is 17.6 Å². The van der Waals surface area contributed by atoms with Crippen LogP contribution in [-0.2, 0) is 6.18 Å². The Morgan fingerprint density at radius 2 is 1.95 bits per heavy atom. The van der Waals surface area contributed by atoms with E-state index in [9.17, 15) is 17.6 Å². The Morgan fingerprint density at radius 3 is 2.63 bits per heavy atom. The van der Waals surface area contributed by atoms with E-state index in [2.05, 4.69) is 15.0 Å². The second-order valence-electron chi connectivity index (χ2n) is 3.78. The molecule has 8 heteroatoms. The van der Waals surface area contributed by atoms with Crippen LogP contribution in [0.1, 0.15) is 4.88 Å². The molecule has 1 N–H and O–H groups in total. The molecule has 0 fully saturated rings. The number of H-pyrrole nitrogens is 1. The average molecular weight is 287 g/mol. The lowest BCUT2D eigenvalue weighted by Crippen LogP contribution is -2.00. The molecule has 0 spiro atoms. The Balaban J connectivity index is 2.14. The van der Waals surface area contributed by atoms with Gasteiger partial charge in [-0.05, 0) is 6.07 Å². The summed E-state index contributed by atoms with van der Waals surface area (Å²) >= 11 is 0.512. The Kier molecular flexibility index (Phi) is 2.56. The van der Waals surface area contributed by atoms with Gasteiger partial charge in [0.2, 0.25) is 0 Å². The summed E-state index contributed by atoms with van der Waals surface area (Å²) in [6.45, 7) is 0. The first-order chi connectivity index (χ1) is 8.95. The van der Waals surface area contributed by atoms with Gasteiger partial charge in [0.25, 0.3) is 0 Å². The number of nitrogens with one attached hydrogen (secondary N) is 1. The van der Waals surface area contributed by atoms with Gasteiger partial charge in [-0.2, -0.15) is 13.2 Å². The summed E-state index contributed by atoms with van der Waals surface area (Å²) in [5.41, 5.74) is 0.808. The molecule has 3 nitrogen and oxygen atoms in total. The summed E-state index contributed by atoms with van der Waals surface area (Å²) in [6, 6.07) is 1.21. The highest BCUT2D eigenvalue weighted by atomic mass is 32.1. The number of hydrogen-bond donors (Lipinski definition) is 1. The molecule has 0 amide bonds. The van der Waals surface area contributed by atoms with E-state index in [1.807, 2.05) is 0 Å². The molecule has 0 atom stereocenters. The first-order valence-electron chi connectivity index (χ1n) is 5.11. The molecule has 0 bridgehead atoms. The normalized spacial score (nSPS) is 12.2. The molecule has 0 saturated heterocycles. The van der Waals surface area contributed by atoms with Gasteiger partial charge in [-0.15, -0.1) is 11.3 Å². The zero-order valence-corrected chi connectivity index (χ0v) is 9.94. The van der Waals surface area contributed by atoms with Crippen LogP contribution in [0, 0.1) is 5.82 Å². The number of aromatic nitrogens is 3. The van der Waals surface area contributed by atoms with Crippen molar-refractivity contribution in [3.63, 3.8) is 0 Å². The Morgan fingerprint density at radius 1 is 1.16 bits per heavy atom. The van der Waals surface area contributed by atoms with Crippen molar-refractivity contribution in [2.75, 3.05) is 0 Å². The summed E-state index contributed by atoms with van der Waals surface area (Å²) in [5, 5.41) is 0.578. The van der Waals surface area contributed by atoms with Crippen LogP contribution in [0.5, 0.6) is 0 Å². The van der Waals surface area contributed by atoms with Gasteiger partial charge in [0, 0.05) is 17.1 Å². The molecule has 0 aliphatic heterocycles. The number of nitrogens with zero attached hydrogens (tertiary/aromatic N) is 2. The summed E-state index contributed by atoms with van der Waals surface area (Å²) < 4.78 is 50.7. The summed E-state index contributed by atoms with van der Waals surface area (Å²) in [4.78, 5) is 9.52. The van der Waals surface area contributed by atoms with Crippen LogP contribution in [0.15, 0.2) is 24.7 Å². The van der Waals surface area contributed by atoms with E-state index in [0.29, 0.717) is 27.9 Å². The molecule has 3 heterocycles. The van der Waals surface area contributed by atoms with Gasteiger partial charge in [0.05, 0.1) is 12.4 Å². The third-order valence-electron chi connectivity index (χ3n) is 2.51. The van der Waals surface area contributed by atoms with Crippen molar-refractivity contribution in [2.24, 2.45) is 0 Å². The largest absolute Gasteiger partial charge is 0.427 e. The van der Waals surface area contributed by atoms with Crippen molar-refractivity contribution in [3.05, 3.63) is 35.4 Å². The molecule has 0 aliphatic carbocycles. The lowest BCUT2D eigenvalue weighted by Gasteiger charge is -1.99. The molecule has 3 aromatic rings. The molecule has 0 saturated carbocycles. The van der Waals surface area contributed by atoms with Crippen LogP contribution in [0.3, 0.4) is 0 Å². The molecule has 0 aromatic carbocycles. The number of fused-ring (bicyclic) bond motifs is 1. The summed E-state index contributed by atoms with van der Waals surface area (Å²) in [6.07, 6.45) is -1.15. The molecular formula is C11H5F4N3S. The molecule has 98 valence electrons. The average Bonchev–Trinajstić information content (AvgIpc) is 2.92. The van der Waals surface area contributed by atoms with E-state index in [0.717, 1.165) is 12.4 Å². The number of rotatable bonds is 1. The molecule has 0 unspecified atom stereocenters. The van der Waals surface area contributed by atoms with E-state index in [1.165, 1.54) is 12.3 Å². The van der Waals surface area contributed by atoms with Gasteiger partial charge in [-0.1, -0.05) is 0 Å². The highest BCUT2D eigenvalue weighted by Crippen LogP contribution is 2.38. The minimum absolute atomic E-state index is 0.172. The van der Waals surface area contributed by atoms with Crippen molar-refractivity contribution in [3.8, 4) is 10.6 Å². The van der Waals surface area contributed by atoms with Crippen LogP contribution in [-0.4, -0.2) is 15.0 Å². The van der Waals surface area contributed by atoms with Gasteiger partial charge < -0.3 is 4.98 Å². The van der Waals surface area contributed by atoms with Gasteiger partial charge in [-0.3, -0.25) is 0 Å². The number of aromatic amines is 1. The third kappa shape index (κ3) is 2.07. The number of hydrogen-bond acceptors (Lipinski definition) is 3. The van der Waals surface area contributed by atoms with Gasteiger partial charge >= 0.3 is 6.18 Å². The minimum Gasteiger partial charge on any atom is -0.345 e. The highest BCUT2D eigenvalue weighted by molar-refractivity contribution is 7.15. The maximum absolute atomic E-state index is 13.1. The second-order valence-corrected chi connectivity index (χ2v) is 4.81. The maximum Gasteiger partial charge on any atom is 0.427 e. The first kappa shape index (κ1) is 12.1. The van der Waals surface area contributed by atoms with Gasteiger partial charge in [-0.25, -0.2) is 14.4 Å². The lowest BCUT2D eigenvalue weighted by atomic mass is 10.2. The number of alkyl halides is 3. The molecular weight excluding hydrogens is 282 g/mol. The SMILES string of the molecule is Fc1cnc2[nH]cc(-c3ncc(C(F)(F)F)s3)c2c1. The van der Waals surface area contributed by atoms with Crippen molar-refractivity contribution in [1.29, 1.82) is 0 Å². The molecule has 3 aromatic heterocycles. The molecule has 0 radical (unpaired) electrons. The highest BCUT2D eigenvalue weighted by Gasteiger charge is 2.33. The van der Waals surface area contributed by atoms with Crippen molar-refractivity contribution < 1.29 is 17.6 Å². The van der Waals surface area contributed by atoms with Gasteiger partial charge in [0.1, 0.15) is 21.3 Å². The maximum atomic E-state index is 13.1. The number of thiazole rings is 1. The van der Waals surface area contributed by atoms with Crippen LogP contribution >= 0.6 is 11.3 Å². The molecule has 0 aliphatic rings. The third-order valence-corrected chi connectivity index (χ3v) is 3.59. The Bertz CT molecular complexity index is 744. The van der Waals surface area contributed by atoms with E-state index >= 15 is 0 Å². The standard InChI is InChI=1S/C11H5F4N3S/c12-5-1-6-7(3-17-9(6)16-2-5)10-18-4-8(19-10)11(13,14)15/h1-4H,(H,16,17). The first-order valence-corrected chi connectivity index (χ1v) is 5.93. The quantitative estimate of drug-likeness (QED) is 0.691. The van der Waals surface area contributed by atoms with Crippen LogP contribution in [0.2, 0.25) is 0 Å². The van der Waals surface area contributed by atoms with Crippen molar-refractivity contribution in [2.45, 2.75) is 6.18 Å². The van der Waals surface area contributed by atoms with E-state index in [-0.39, 0.29) is 5.01 Å². The number of pyridine rings is 1. The van der Waals surface area contributed by atoms with E-state index < -0.39 is 16.9 Å². The van der Waals surface area contributed by atoms with Crippen LogP contribution in [0.25, 0.3) is 21.6 Å². The summed E-state index contributed by atoms with van der Waals surface area (Å²) in [5.74, 6) is -0.555. The lowest BCUT2D eigenvalue weighted by molar-refractivity contribution is -0.134. The molecule has 3 rings (SSSR count). The topological polar surface area (TPSA) is 41.6 Å². The predicted molar refractivity (Wildman–Crippen MR) is 62.2 cm³/mol. The van der Waals surface area contributed by atoms with Crippen LogP contribution < -0.4 is 0 Å². The summed E-state index contributed by atoms with van der Waals surface area (Å²) in [7, 11) is 0. The minimum atomic E-state index is -4.43. The fraction of sp³-hybridized carbons (Fsp3) is 0.0909. The Labute approximate surface area is 107 Å². The van der Waals surface area contributed by atoms with Crippen molar-refractivity contribution >= 4 is 22.4 Å².